The average Bonchev–Trinajstić information content (AvgIpc) is 2.51. The lowest BCUT2D eigenvalue weighted by atomic mass is 10.1. The van der Waals surface area contributed by atoms with E-state index in [0.29, 0.717) is 22.7 Å². The summed E-state index contributed by atoms with van der Waals surface area (Å²) < 4.78 is 10.3. The van der Waals surface area contributed by atoms with Gasteiger partial charge in [0.15, 0.2) is 11.5 Å². The molecule has 0 aromatic heterocycles. The summed E-state index contributed by atoms with van der Waals surface area (Å²) >= 11 is 0. The third-order valence-electron chi connectivity index (χ3n) is 3.18. The van der Waals surface area contributed by atoms with Crippen molar-refractivity contribution < 1.29 is 14.3 Å². The Morgan fingerprint density at radius 3 is 2.29 bits per heavy atom. The van der Waals surface area contributed by atoms with Crippen LogP contribution >= 0.6 is 0 Å². The van der Waals surface area contributed by atoms with E-state index in [4.69, 9.17) is 9.47 Å². The number of nitriles is 1. The van der Waals surface area contributed by atoms with E-state index in [9.17, 15) is 10.1 Å². The van der Waals surface area contributed by atoms with Crippen LogP contribution in [0.15, 0.2) is 12.1 Å². The van der Waals surface area contributed by atoms with E-state index in [0.717, 1.165) is 13.1 Å². The van der Waals surface area contributed by atoms with Crippen LogP contribution in [0.4, 0.5) is 5.69 Å². The largest absolute Gasteiger partial charge is 0.493 e. The number of methoxy groups -OCH3 is 2. The quantitative estimate of drug-likeness (QED) is 0.830. The molecule has 114 valence electrons. The summed E-state index contributed by atoms with van der Waals surface area (Å²) in [6, 6.07) is 5.19. The van der Waals surface area contributed by atoms with E-state index in [1.807, 2.05) is 24.8 Å². The Hall–Kier alpha value is -2.26. The molecule has 0 aliphatic rings. The van der Waals surface area contributed by atoms with Crippen LogP contribution in [-0.2, 0) is 4.79 Å². The standard InChI is InChI=1S/C15H21N3O3/c1-5-18(6-2)10-15(19)17-12-8-14(21-4)13(20-3)7-11(12)9-16/h7-8H,5-6,10H2,1-4H3,(H,17,19). The molecule has 21 heavy (non-hydrogen) atoms. The maximum Gasteiger partial charge on any atom is 0.238 e. The van der Waals surface area contributed by atoms with Crippen LogP contribution in [0, 0.1) is 11.3 Å². The van der Waals surface area contributed by atoms with Crippen molar-refractivity contribution in [1.29, 1.82) is 5.26 Å². The van der Waals surface area contributed by atoms with Crippen LogP contribution < -0.4 is 14.8 Å². The molecular formula is C15H21N3O3. The highest BCUT2D eigenvalue weighted by Gasteiger charge is 2.14. The molecule has 1 rings (SSSR count). The monoisotopic (exact) mass is 291 g/mol. The van der Waals surface area contributed by atoms with Gasteiger partial charge in [-0.15, -0.1) is 0 Å². The second-order valence-electron chi connectivity index (χ2n) is 4.37. The summed E-state index contributed by atoms with van der Waals surface area (Å²) in [5.41, 5.74) is 0.757. The Balaban J connectivity index is 2.97. The van der Waals surface area contributed by atoms with E-state index in [1.165, 1.54) is 14.2 Å². The third-order valence-corrected chi connectivity index (χ3v) is 3.18. The first-order chi connectivity index (χ1) is 10.1. The fourth-order valence-electron chi connectivity index (χ4n) is 1.91. The van der Waals surface area contributed by atoms with Crippen molar-refractivity contribution in [3.8, 4) is 17.6 Å². The molecule has 6 heteroatoms. The Bertz CT molecular complexity index is 534. The summed E-state index contributed by atoms with van der Waals surface area (Å²) in [5.74, 6) is 0.757. The van der Waals surface area contributed by atoms with Gasteiger partial charge in [0.2, 0.25) is 5.91 Å². The number of rotatable bonds is 7. The lowest BCUT2D eigenvalue weighted by Crippen LogP contribution is -2.33. The fraction of sp³-hybridized carbons (Fsp3) is 0.467. The first kappa shape index (κ1) is 16.8. The molecule has 0 saturated heterocycles. The number of ether oxygens (including phenoxy) is 2. The maximum atomic E-state index is 12.0. The maximum absolute atomic E-state index is 12.0. The van der Waals surface area contributed by atoms with Crippen LogP contribution in [0.5, 0.6) is 11.5 Å². The van der Waals surface area contributed by atoms with Gasteiger partial charge < -0.3 is 14.8 Å². The molecule has 0 aliphatic heterocycles. The number of hydrogen-bond donors (Lipinski definition) is 1. The third kappa shape index (κ3) is 4.36. The number of anilines is 1. The highest BCUT2D eigenvalue weighted by Crippen LogP contribution is 2.32. The van der Waals surface area contributed by atoms with Crippen molar-refractivity contribution in [3.63, 3.8) is 0 Å². The van der Waals surface area contributed by atoms with Gasteiger partial charge in [0.1, 0.15) is 6.07 Å². The molecular weight excluding hydrogens is 270 g/mol. The lowest BCUT2D eigenvalue weighted by molar-refractivity contribution is -0.117. The molecule has 0 saturated carbocycles. The molecule has 1 aromatic carbocycles. The molecule has 1 N–H and O–H groups in total. The summed E-state index contributed by atoms with van der Waals surface area (Å²) in [7, 11) is 3.00. The number of carbonyl (C=O) groups excluding carboxylic acids is 1. The molecule has 0 bridgehead atoms. The SMILES string of the molecule is CCN(CC)CC(=O)Nc1cc(OC)c(OC)cc1C#N. The fourth-order valence-corrected chi connectivity index (χ4v) is 1.91. The van der Waals surface area contributed by atoms with Crippen LogP contribution in [0.25, 0.3) is 0 Å². The van der Waals surface area contributed by atoms with Crippen molar-refractivity contribution in [3.05, 3.63) is 17.7 Å². The predicted octanol–water partition coefficient (Wildman–Crippen LogP) is 1.86. The van der Waals surface area contributed by atoms with E-state index in [2.05, 4.69) is 5.32 Å². The molecule has 1 amide bonds. The van der Waals surface area contributed by atoms with E-state index < -0.39 is 0 Å². The van der Waals surface area contributed by atoms with Gasteiger partial charge >= 0.3 is 0 Å². The minimum Gasteiger partial charge on any atom is -0.493 e. The second-order valence-corrected chi connectivity index (χ2v) is 4.37. The van der Waals surface area contributed by atoms with Gasteiger partial charge in [-0.1, -0.05) is 13.8 Å². The topological polar surface area (TPSA) is 74.6 Å². The number of hydrogen-bond acceptors (Lipinski definition) is 5. The molecule has 0 atom stereocenters. The minimum atomic E-state index is -0.164. The van der Waals surface area contributed by atoms with Crippen molar-refractivity contribution in [2.75, 3.05) is 39.2 Å². The molecule has 0 spiro atoms. The van der Waals surface area contributed by atoms with Gasteiger partial charge in [0.25, 0.3) is 0 Å². The normalized spacial score (nSPS) is 10.1. The molecule has 0 radical (unpaired) electrons. The van der Waals surface area contributed by atoms with Crippen molar-refractivity contribution in [2.45, 2.75) is 13.8 Å². The minimum absolute atomic E-state index is 0.164. The predicted molar refractivity (Wildman–Crippen MR) is 80.7 cm³/mol. The molecule has 0 aliphatic carbocycles. The number of nitrogens with one attached hydrogen (secondary N) is 1. The van der Waals surface area contributed by atoms with Crippen molar-refractivity contribution >= 4 is 11.6 Å². The van der Waals surface area contributed by atoms with Gasteiger partial charge in [0.05, 0.1) is 32.0 Å². The number of nitrogens with zero attached hydrogens (tertiary/aromatic N) is 2. The van der Waals surface area contributed by atoms with Gasteiger partial charge in [0, 0.05) is 12.1 Å². The molecule has 0 fully saturated rings. The number of amides is 1. The Kier molecular flexibility index (Phi) is 6.50. The highest BCUT2D eigenvalue weighted by atomic mass is 16.5. The van der Waals surface area contributed by atoms with Gasteiger partial charge in [-0.25, -0.2) is 0 Å². The highest BCUT2D eigenvalue weighted by molar-refractivity contribution is 5.94. The molecule has 6 nitrogen and oxygen atoms in total. The number of likely N-dealkylation sites (N-methyl/N-ethyl adjacent to an activating group) is 1. The van der Waals surface area contributed by atoms with Crippen molar-refractivity contribution in [1.82, 2.24) is 4.90 Å². The zero-order valence-corrected chi connectivity index (χ0v) is 12.9. The van der Waals surface area contributed by atoms with E-state index in [-0.39, 0.29) is 12.5 Å². The molecule has 1 aromatic rings. The Labute approximate surface area is 125 Å². The lowest BCUT2D eigenvalue weighted by Gasteiger charge is -2.18. The molecule has 0 unspecified atom stereocenters. The smallest absolute Gasteiger partial charge is 0.238 e. The summed E-state index contributed by atoms with van der Waals surface area (Å²) in [6.07, 6.45) is 0. The van der Waals surface area contributed by atoms with E-state index in [1.54, 1.807) is 12.1 Å². The van der Waals surface area contributed by atoms with Crippen LogP contribution in [-0.4, -0.2) is 44.7 Å². The zero-order chi connectivity index (χ0) is 15.8. The van der Waals surface area contributed by atoms with Crippen LogP contribution in [0.1, 0.15) is 19.4 Å². The number of benzene rings is 1. The Morgan fingerprint density at radius 1 is 1.24 bits per heavy atom. The second kappa shape index (κ2) is 8.12. The summed E-state index contributed by atoms with van der Waals surface area (Å²) in [4.78, 5) is 14.0. The first-order valence-electron chi connectivity index (χ1n) is 6.77. The molecule has 0 heterocycles. The van der Waals surface area contributed by atoms with Gasteiger partial charge in [-0.05, 0) is 13.1 Å². The zero-order valence-electron chi connectivity index (χ0n) is 12.9. The average molecular weight is 291 g/mol. The summed E-state index contributed by atoms with van der Waals surface area (Å²) in [5, 5.41) is 11.9. The van der Waals surface area contributed by atoms with Gasteiger partial charge in [-0.2, -0.15) is 5.26 Å². The Morgan fingerprint density at radius 2 is 1.81 bits per heavy atom. The van der Waals surface area contributed by atoms with Gasteiger partial charge in [-0.3, -0.25) is 9.69 Å². The number of carbonyl (C=O) groups is 1. The van der Waals surface area contributed by atoms with Crippen LogP contribution in [0.2, 0.25) is 0 Å². The van der Waals surface area contributed by atoms with Crippen LogP contribution in [0.3, 0.4) is 0 Å². The van der Waals surface area contributed by atoms with Crippen molar-refractivity contribution in [2.24, 2.45) is 0 Å². The first-order valence-corrected chi connectivity index (χ1v) is 6.77. The summed E-state index contributed by atoms with van der Waals surface area (Å²) in [6.45, 7) is 5.86. The van der Waals surface area contributed by atoms with E-state index >= 15 is 0 Å².